The lowest BCUT2D eigenvalue weighted by molar-refractivity contribution is -0.136. The number of hydrogen-bond acceptors (Lipinski definition) is 5. The molecule has 2 N–H and O–H groups in total. The van der Waals surface area contributed by atoms with Crippen LogP contribution in [0.15, 0.2) is 24.3 Å². The number of likely N-dealkylation sites (tertiary alicyclic amines) is 1. The van der Waals surface area contributed by atoms with Gasteiger partial charge in [0.15, 0.2) is 10.6 Å². The first-order chi connectivity index (χ1) is 16.5. The summed E-state index contributed by atoms with van der Waals surface area (Å²) in [5.74, 6) is 1.55. The topological polar surface area (TPSA) is 92.2 Å². The minimum Gasteiger partial charge on any atom is -0.494 e. The zero-order chi connectivity index (χ0) is 23.9. The first kappa shape index (κ1) is 24.4. The first-order valence-electron chi connectivity index (χ1n) is 12.5. The Morgan fingerprint density at radius 2 is 1.91 bits per heavy atom. The predicted molar refractivity (Wildman–Crippen MR) is 133 cm³/mol. The number of rotatable bonds is 8. The van der Waals surface area contributed by atoms with Gasteiger partial charge in [-0.3, -0.25) is 19.3 Å². The van der Waals surface area contributed by atoms with E-state index < -0.39 is 0 Å². The maximum absolute atomic E-state index is 13.0. The summed E-state index contributed by atoms with van der Waals surface area (Å²) in [6.45, 7) is 4.20. The van der Waals surface area contributed by atoms with E-state index in [1.807, 2.05) is 40.7 Å². The fourth-order valence-corrected chi connectivity index (χ4v) is 5.18. The third-order valence-corrected chi connectivity index (χ3v) is 7.14. The number of carbonyl (C=O) groups excluding carboxylic acids is 2. The van der Waals surface area contributed by atoms with Crippen molar-refractivity contribution in [3.8, 4) is 17.1 Å². The van der Waals surface area contributed by atoms with E-state index in [1.165, 1.54) is 19.3 Å². The van der Waals surface area contributed by atoms with E-state index >= 15 is 0 Å². The summed E-state index contributed by atoms with van der Waals surface area (Å²) < 4.78 is 7.86. The van der Waals surface area contributed by atoms with E-state index in [0.717, 1.165) is 37.0 Å². The van der Waals surface area contributed by atoms with Crippen LogP contribution >= 0.6 is 12.2 Å². The van der Waals surface area contributed by atoms with Crippen LogP contribution in [0.4, 0.5) is 0 Å². The third kappa shape index (κ3) is 6.05. The monoisotopic (exact) mass is 485 g/mol. The van der Waals surface area contributed by atoms with Gasteiger partial charge in [-0.05, 0) is 69.1 Å². The lowest BCUT2D eigenvalue weighted by atomic mass is 9.93. The number of nitrogens with zero attached hydrogens (tertiary/aromatic N) is 3. The first-order valence-corrected chi connectivity index (χ1v) is 12.9. The molecule has 2 amide bonds. The van der Waals surface area contributed by atoms with Crippen LogP contribution in [-0.4, -0.2) is 57.2 Å². The highest BCUT2D eigenvalue weighted by molar-refractivity contribution is 7.71. The van der Waals surface area contributed by atoms with Crippen molar-refractivity contribution in [3.63, 3.8) is 0 Å². The minimum absolute atomic E-state index is 0.0518. The molecule has 1 atom stereocenters. The molecule has 4 rings (SSSR count). The number of carbonyl (C=O) groups is 2. The molecule has 1 aliphatic heterocycles. The van der Waals surface area contributed by atoms with Gasteiger partial charge in [0.1, 0.15) is 5.75 Å². The second kappa shape index (κ2) is 11.6. The molecule has 0 bridgehead atoms. The Morgan fingerprint density at radius 3 is 2.65 bits per heavy atom. The van der Waals surface area contributed by atoms with Crippen molar-refractivity contribution in [1.29, 1.82) is 0 Å². The van der Waals surface area contributed by atoms with E-state index in [0.29, 0.717) is 49.3 Å². The Morgan fingerprint density at radius 1 is 1.15 bits per heavy atom. The van der Waals surface area contributed by atoms with E-state index in [9.17, 15) is 9.59 Å². The number of benzene rings is 1. The van der Waals surface area contributed by atoms with Crippen molar-refractivity contribution in [2.24, 2.45) is 5.92 Å². The van der Waals surface area contributed by atoms with Crippen molar-refractivity contribution in [3.05, 3.63) is 29.0 Å². The molecule has 1 aromatic heterocycles. The standard InChI is InChI=1S/C25H35N5O3S/c1-2-33-21-12-10-18(11-13-21)23-27-28-25(34)30(23)16-14-22(31)29-15-6-7-19(17-29)24(32)26-20-8-4-3-5-9-20/h10-13,19-20H,2-9,14-17H2,1H3,(H,26,32)(H,28,34). The third-order valence-electron chi connectivity index (χ3n) is 6.83. The molecule has 0 radical (unpaired) electrons. The Bertz CT molecular complexity index is 1030. The number of H-pyrrole nitrogens is 1. The van der Waals surface area contributed by atoms with Crippen LogP contribution in [0.3, 0.4) is 0 Å². The number of nitrogens with one attached hydrogen (secondary N) is 2. The predicted octanol–water partition coefficient (Wildman–Crippen LogP) is 4.08. The SMILES string of the molecule is CCOc1ccc(-c2n[nH]c(=S)n2CCC(=O)N2CCCC(C(=O)NC3CCCCC3)C2)cc1. The van der Waals surface area contributed by atoms with Gasteiger partial charge in [0.2, 0.25) is 11.8 Å². The fourth-order valence-electron chi connectivity index (χ4n) is 4.96. The smallest absolute Gasteiger partial charge is 0.225 e. The zero-order valence-corrected chi connectivity index (χ0v) is 20.7. The van der Waals surface area contributed by atoms with E-state index in [4.69, 9.17) is 17.0 Å². The number of piperidine rings is 1. The van der Waals surface area contributed by atoms with E-state index in [2.05, 4.69) is 15.5 Å². The fraction of sp³-hybridized carbons (Fsp3) is 0.600. The molecule has 0 spiro atoms. The number of hydrogen-bond donors (Lipinski definition) is 2. The van der Waals surface area contributed by atoms with E-state index in [-0.39, 0.29) is 17.7 Å². The summed E-state index contributed by atoms with van der Waals surface area (Å²) in [7, 11) is 0. The Kier molecular flexibility index (Phi) is 8.37. The molecule has 2 aromatic rings. The van der Waals surface area contributed by atoms with Gasteiger partial charge in [0.25, 0.3) is 0 Å². The largest absolute Gasteiger partial charge is 0.494 e. The zero-order valence-electron chi connectivity index (χ0n) is 19.9. The quantitative estimate of drug-likeness (QED) is 0.550. The second-order valence-corrected chi connectivity index (χ2v) is 9.62. The molecule has 1 aromatic carbocycles. The van der Waals surface area contributed by atoms with Crippen LogP contribution in [-0.2, 0) is 16.1 Å². The molecular weight excluding hydrogens is 450 g/mol. The molecule has 1 saturated heterocycles. The van der Waals surface area contributed by atoms with Gasteiger partial charge in [-0.15, -0.1) is 0 Å². The Hall–Kier alpha value is -2.68. The van der Waals surface area contributed by atoms with Crippen molar-refractivity contribution < 1.29 is 14.3 Å². The molecule has 2 heterocycles. The molecule has 1 saturated carbocycles. The summed E-state index contributed by atoms with van der Waals surface area (Å²) in [6, 6.07) is 7.98. The maximum Gasteiger partial charge on any atom is 0.225 e. The van der Waals surface area contributed by atoms with E-state index in [1.54, 1.807) is 0 Å². The molecular formula is C25H35N5O3S. The van der Waals surface area contributed by atoms with Crippen LogP contribution in [0.25, 0.3) is 11.4 Å². The summed E-state index contributed by atoms with van der Waals surface area (Å²) in [5.41, 5.74) is 0.903. The normalized spacial score (nSPS) is 19.1. The minimum atomic E-state index is -0.116. The van der Waals surface area contributed by atoms with Crippen LogP contribution in [0.2, 0.25) is 0 Å². The average Bonchev–Trinajstić information content (AvgIpc) is 3.24. The molecule has 34 heavy (non-hydrogen) atoms. The van der Waals surface area contributed by atoms with Crippen LogP contribution in [0.5, 0.6) is 5.75 Å². The highest BCUT2D eigenvalue weighted by Crippen LogP contribution is 2.23. The number of aromatic nitrogens is 3. The van der Waals surface area contributed by atoms with Gasteiger partial charge in [0.05, 0.1) is 12.5 Å². The number of amides is 2. The Balaban J connectivity index is 1.34. The molecule has 1 aliphatic carbocycles. The summed E-state index contributed by atoms with van der Waals surface area (Å²) in [4.78, 5) is 27.7. The Labute approximate surface area is 206 Å². The average molecular weight is 486 g/mol. The number of ether oxygens (including phenoxy) is 1. The summed E-state index contributed by atoms with van der Waals surface area (Å²) >= 11 is 5.42. The van der Waals surface area contributed by atoms with Crippen molar-refractivity contribution in [2.75, 3.05) is 19.7 Å². The molecule has 184 valence electrons. The summed E-state index contributed by atoms with van der Waals surface area (Å²) in [5, 5.41) is 10.4. The van der Waals surface area contributed by atoms with Crippen molar-refractivity contribution >= 4 is 24.0 Å². The second-order valence-electron chi connectivity index (χ2n) is 9.23. The van der Waals surface area contributed by atoms with Crippen LogP contribution in [0.1, 0.15) is 58.3 Å². The van der Waals surface area contributed by atoms with Gasteiger partial charge in [-0.1, -0.05) is 19.3 Å². The maximum atomic E-state index is 13.0. The van der Waals surface area contributed by atoms with Crippen molar-refractivity contribution in [1.82, 2.24) is 25.0 Å². The van der Waals surface area contributed by atoms with Crippen molar-refractivity contribution in [2.45, 2.75) is 70.9 Å². The highest BCUT2D eigenvalue weighted by Gasteiger charge is 2.29. The molecule has 2 fully saturated rings. The molecule has 8 nitrogen and oxygen atoms in total. The molecule has 2 aliphatic rings. The lowest BCUT2D eigenvalue weighted by Gasteiger charge is -2.33. The van der Waals surface area contributed by atoms with Crippen LogP contribution < -0.4 is 10.1 Å². The van der Waals surface area contributed by atoms with Gasteiger partial charge in [0, 0.05) is 37.7 Å². The van der Waals surface area contributed by atoms with Gasteiger partial charge < -0.3 is 15.0 Å². The lowest BCUT2D eigenvalue weighted by Crippen LogP contribution is -2.48. The van der Waals surface area contributed by atoms with Gasteiger partial charge >= 0.3 is 0 Å². The highest BCUT2D eigenvalue weighted by atomic mass is 32.1. The van der Waals surface area contributed by atoms with Gasteiger partial charge in [-0.25, -0.2) is 0 Å². The molecule has 1 unspecified atom stereocenters. The number of aromatic amines is 1. The molecule has 9 heteroatoms. The van der Waals surface area contributed by atoms with Crippen LogP contribution in [0, 0.1) is 10.7 Å². The van der Waals surface area contributed by atoms with Gasteiger partial charge in [-0.2, -0.15) is 5.10 Å². The summed E-state index contributed by atoms with van der Waals surface area (Å²) in [6.07, 6.45) is 7.80.